The van der Waals surface area contributed by atoms with Gasteiger partial charge in [-0.3, -0.25) is 4.79 Å². The average molecular weight is 304 g/mol. The molecule has 4 nitrogen and oxygen atoms in total. The number of hydrogen-bond donors (Lipinski definition) is 1. The number of carbonyl (C=O) groups is 1. The molecular weight excluding hydrogens is 286 g/mol. The summed E-state index contributed by atoms with van der Waals surface area (Å²) in [6.45, 7) is 3.54. The Balaban J connectivity index is 2.65. The Morgan fingerprint density at radius 2 is 2.00 bits per heavy atom. The first-order chi connectivity index (χ1) is 8.85. The summed E-state index contributed by atoms with van der Waals surface area (Å²) < 4.78 is 23.1. The summed E-state index contributed by atoms with van der Waals surface area (Å²) in [7, 11) is -3.31. The van der Waals surface area contributed by atoms with Gasteiger partial charge in [0.1, 0.15) is 5.75 Å². The molecule has 0 aliphatic rings. The lowest BCUT2D eigenvalue weighted by Gasteiger charge is -2.15. The van der Waals surface area contributed by atoms with E-state index in [0.717, 1.165) is 5.56 Å². The fourth-order valence-corrected chi connectivity index (χ4v) is 3.32. The Bertz CT molecular complexity index is 543. The van der Waals surface area contributed by atoms with Gasteiger partial charge in [-0.1, -0.05) is 36.7 Å². The molecule has 1 rings (SSSR count). The summed E-state index contributed by atoms with van der Waals surface area (Å²) in [5, 5.41) is 3.20. The predicted octanol–water partition coefficient (Wildman–Crippen LogP) is 2.34. The van der Waals surface area contributed by atoms with E-state index in [9.17, 15) is 13.2 Å². The minimum Gasteiger partial charge on any atom is -0.349 e. The van der Waals surface area contributed by atoms with Crippen molar-refractivity contribution in [2.45, 2.75) is 26.3 Å². The molecule has 0 radical (unpaired) electrons. The molecular formula is C13H18ClNO3S. The third-order valence-electron chi connectivity index (χ3n) is 2.62. The Morgan fingerprint density at radius 3 is 2.58 bits per heavy atom. The number of carbonyl (C=O) groups excluding carboxylic acids is 1. The predicted molar refractivity (Wildman–Crippen MR) is 77.0 cm³/mol. The lowest BCUT2D eigenvalue weighted by atomic mass is 10.1. The van der Waals surface area contributed by atoms with Crippen LogP contribution in [0.25, 0.3) is 0 Å². The van der Waals surface area contributed by atoms with Gasteiger partial charge in [0.15, 0.2) is 9.84 Å². The highest BCUT2D eigenvalue weighted by atomic mass is 35.5. The summed E-state index contributed by atoms with van der Waals surface area (Å²) in [5.41, 5.74) is 0.769. The molecule has 0 saturated carbocycles. The van der Waals surface area contributed by atoms with E-state index in [1.807, 2.05) is 6.07 Å². The normalized spacial score (nSPS) is 13.0. The van der Waals surface area contributed by atoms with Crippen LogP contribution in [0, 0.1) is 0 Å². The lowest BCUT2D eigenvalue weighted by molar-refractivity contribution is -0.119. The number of halogens is 1. The maximum Gasteiger partial charge on any atom is 0.235 e. The summed E-state index contributed by atoms with van der Waals surface area (Å²) in [4.78, 5) is 11.7. The first kappa shape index (κ1) is 16.0. The number of benzene rings is 1. The minimum atomic E-state index is -3.31. The lowest BCUT2D eigenvalue weighted by Crippen LogP contribution is -2.33. The van der Waals surface area contributed by atoms with Crippen molar-refractivity contribution < 1.29 is 13.2 Å². The third-order valence-corrected chi connectivity index (χ3v) is 4.69. The van der Waals surface area contributed by atoms with Crippen molar-refractivity contribution in [2.75, 3.05) is 11.5 Å². The van der Waals surface area contributed by atoms with E-state index >= 15 is 0 Å². The molecule has 19 heavy (non-hydrogen) atoms. The Morgan fingerprint density at radius 1 is 1.37 bits per heavy atom. The largest absolute Gasteiger partial charge is 0.349 e. The smallest absolute Gasteiger partial charge is 0.235 e. The topological polar surface area (TPSA) is 63.2 Å². The van der Waals surface area contributed by atoms with Crippen molar-refractivity contribution >= 4 is 27.3 Å². The van der Waals surface area contributed by atoms with Gasteiger partial charge in [-0.2, -0.15) is 0 Å². The zero-order valence-corrected chi connectivity index (χ0v) is 12.6. The molecule has 1 N–H and O–H groups in total. The van der Waals surface area contributed by atoms with Crippen LogP contribution < -0.4 is 5.32 Å². The van der Waals surface area contributed by atoms with E-state index in [-0.39, 0.29) is 11.8 Å². The summed E-state index contributed by atoms with van der Waals surface area (Å²) in [6, 6.07) is 6.82. The van der Waals surface area contributed by atoms with E-state index in [1.165, 1.54) is 0 Å². The number of amides is 1. The molecule has 6 heteroatoms. The van der Waals surface area contributed by atoms with Gasteiger partial charge < -0.3 is 5.32 Å². The van der Waals surface area contributed by atoms with Gasteiger partial charge in [-0.25, -0.2) is 8.42 Å². The molecule has 1 aromatic carbocycles. The van der Waals surface area contributed by atoms with Crippen LogP contribution >= 0.6 is 11.6 Å². The van der Waals surface area contributed by atoms with Crippen molar-refractivity contribution in [3.63, 3.8) is 0 Å². The zero-order chi connectivity index (χ0) is 14.5. The van der Waals surface area contributed by atoms with E-state index in [0.29, 0.717) is 11.4 Å². The molecule has 0 aliphatic heterocycles. The molecule has 1 amide bonds. The van der Waals surface area contributed by atoms with Gasteiger partial charge >= 0.3 is 0 Å². The molecule has 0 bridgehead atoms. The van der Waals surface area contributed by atoms with Gasteiger partial charge in [0.25, 0.3) is 0 Å². The zero-order valence-electron chi connectivity index (χ0n) is 11.0. The molecule has 0 aromatic heterocycles. The monoisotopic (exact) mass is 303 g/mol. The summed E-state index contributed by atoms with van der Waals surface area (Å²) in [6.07, 6.45) is 0.510. The highest BCUT2D eigenvalue weighted by Gasteiger charge is 2.18. The van der Waals surface area contributed by atoms with Crippen LogP contribution in [0.4, 0.5) is 0 Å². The molecule has 1 unspecified atom stereocenters. The summed E-state index contributed by atoms with van der Waals surface area (Å²) >= 11 is 6.02. The van der Waals surface area contributed by atoms with Crippen LogP contribution in [0.3, 0.4) is 0 Å². The molecule has 1 atom stereocenters. The van der Waals surface area contributed by atoms with Crippen LogP contribution in [0.15, 0.2) is 24.3 Å². The Hall–Kier alpha value is -1.07. The molecule has 106 valence electrons. The maximum atomic E-state index is 11.7. The van der Waals surface area contributed by atoms with E-state index < -0.39 is 21.5 Å². The Labute approximate surface area is 119 Å². The number of sulfone groups is 1. The quantitative estimate of drug-likeness (QED) is 0.877. The van der Waals surface area contributed by atoms with Crippen LogP contribution in [0.5, 0.6) is 0 Å². The molecule has 1 aromatic rings. The van der Waals surface area contributed by atoms with Crippen LogP contribution in [0.1, 0.15) is 31.9 Å². The van der Waals surface area contributed by atoms with E-state index in [2.05, 4.69) is 5.32 Å². The third kappa shape index (κ3) is 5.20. The molecule has 0 fully saturated rings. The molecule has 0 saturated heterocycles. The number of hydrogen-bond acceptors (Lipinski definition) is 3. The molecule has 0 spiro atoms. The average Bonchev–Trinajstić information content (AvgIpc) is 2.27. The first-order valence-corrected chi connectivity index (χ1v) is 8.30. The van der Waals surface area contributed by atoms with Crippen LogP contribution in [0.2, 0.25) is 5.02 Å². The summed E-state index contributed by atoms with van der Waals surface area (Å²) in [5.74, 6) is -0.947. The van der Waals surface area contributed by atoms with Crippen molar-refractivity contribution in [3.05, 3.63) is 34.9 Å². The highest BCUT2D eigenvalue weighted by Crippen LogP contribution is 2.21. The maximum absolute atomic E-state index is 11.7. The van der Waals surface area contributed by atoms with Crippen molar-refractivity contribution in [1.82, 2.24) is 5.32 Å². The van der Waals surface area contributed by atoms with Crippen LogP contribution in [-0.2, 0) is 14.6 Å². The van der Waals surface area contributed by atoms with E-state index in [1.54, 1.807) is 32.0 Å². The van der Waals surface area contributed by atoms with Gasteiger partial charge in [0, 0.05) is 5.02 Å². The SMILES string of the molecule is CCCS(=O)(=O)CC(=O)NC(C)c1ccccc1Cl. The molecule has 0 aliphatic carbocycles. The Kier molecular flexibility index (Phi) is 5.82. The van der Waals surface area contributed by atoms with Crippen LogP contribution in [-0.4, -0.2) is 25.8 Å². The van der Waals surface area contributed by atoms with Gasteiger partial charge in [-0.05, 0) is 25.0 Å². The second-order valence-corrected chi connectivity index (χ2v) is 6.99. The fraction of sp³-hybridized carbons (Fsp3) is 0.462. The second-order valence-electron chi connectivity index (χ2n) is 4.40. The van der Waals surface area contributed by atoms with Gasteiger partial charge in [0.05, 0.1) is 11.8 Å². The van der Waals surface area contributed by atoms with Crippen molar-refractivity contribution in [2.24, 2.45) is 0 Å². The molecule has 0 heterocycles. The fourth-order valence-electron chi connectivity index (χ4n) is 1.77. The minimum absolute atomic E-state index is 0.0287. The standard InChI is InChI=1S/C13H18ClNO3S/c1-3-8-19(17,18)9-13(16)15-10(2)11-6-4-5-7-12(11)14/h4-7,10H,3,8-9H2,1-2H3,(H,15,16). The second kappa shape index (κ2) is 6.91. The number of nitrogens with one attached hydrogen (secondary N) is 1. The number of rotatable bonds is 6. The highest BCUT2D eigenvalue weighted by molar-refractivity contribution is 7.92. The first-order valence-electron chi connectivity index (χ1n) is 6.10. The van der Waals surface area contributed by atoms with Gasteiger partial charge in [0.2, 0.25) is 5.91 Å². The van der Waals surface area contributed by atoms with Crippen molar-refractivity contribution in [1.29, 1.82) is 0 Å². The van der Waals surface area contributed by atoms with Gasteiger partial charge in [-0.15, -0.1) is 0 Å². The van der Waals surface area contributed by atoms with E-state index in [4.69, 9.17) is 11.6 Å². The van der Waals surface area contributed by atoms with Crippen molar-refractivity contribution in [3.8, 4) is 0 Å².